The van der Waals surface area contributed by atoms with Gasteiger partial charge in [-0.15, -0.1) is 0 Å². The van der Waals surface area contributed by atoms with Crippen LogP contribution in [-0.4, -0.2) is 46.8 Å². The van der Waals surface area contributed by atoms with Gasteiger partial charge in [0.2, 0.25) is 6.17 Å². The summed E-state index contributed by atoms with van der Waals surface area (Å²) in [5.74, 6) is -1.41. The average molecular weight is 592 g/mol. The summed E-state index contributed by atoms with van der Waals surface area (Å²) in [5, 5.41) is 12.3. The molecule has 4 aromatic rings. The third-order valence-corrected chi connectivity index (χ3v) is 7.04. The summed E-state index contributed by atoms with van der Waals surface area (Å²) in [4.78, 5) is 45.4. The first kappa shape index (κ1) is 25.4. The molecule has 5 rings (SSSR count). The minimum absolute atomic E-state index is 0.0619. The fourth-order valence-electron chi connectivity index (χ4n) is 4.02. The lowest BCUT2D eigenvalue weighted by Gasteiger charge is -2.20. The second-order valence-electron chi connectivity index (χ2n) is 8.33. The molecule has 0 bridgehead atoms. The van der Waals surface area contributed by atoms with Gasteiger partial charge in [-0.05, 0) is 34.1 Å². The molecule has 3 aromatic carbocycles. The number of aromatic amines is 1. The summed E-state index contributed by atoms with van der Waals surface area (Å²) in [6.07, 6.45) is -1.22. The molecule has 1 aromatic heterocycles. The molecule has 0 fully saturated rings. The summed E-state index contributed by atoms with van der Waals surface area (Å²) in [7, 11) is 1.64. The maximum atomic E-state index is 13.4. The Hall–Kier alpha value is -4.28. The van der Waals surface area contributed by atoms with E-state index < -0.39 is 23.9 Å². The molecule has 0 radical (unpaired) electrons. The van der Waals surface area contributed by atoms with E-state index in [1.807, 2.05) is 54.6 Å². The number of carbonyl (C=O) groups excluding carboxylic acids is 3. The molecule has 11 heteroatoms. The number of H-pyrrole nitrogens is 1. The quantitative estimate of drug-likeness (QED) is 0.313. The maximum Gasteiger partial charge on any atom is 0.275 e. The largest absolute Gasteiger partial charge is 0.321 e. The number of fused-ring (bicyclic) bond motifs is 1. The Morgan fingerprint density at radius 2 is 1.66 bits per heavy atom. The van der Waals surface area contributed by atoms with Gasteiger partial charge in [-0.1, -0.05) is 72.3 Å². The van der Waals surface area contributed by atoms with Crippen molar-refractivity contribution in [2.45, 2.75) is 6.17 Å². The molecular formula is C27H20BrClN6O3. The smallest absolute Gasteiger partial charge is 0.275 e. The molecule has 0 saturated carbocycles. The number of anilines is 2. The van der Waals surface area contributed by atoms with Gasteiger partial charge in [0.05, 0.1) is 26.5 Å². The van der Waals surface area contributed by atoms with E-state index in [1.165, 1.54) is 4.90 Å². The summed E-state index contributed by atoms with van der Waals surface area (Å²) in [6, 6.07) is 23.4. The van der Waals surface area contributed by atoms with Gasteiger partial charge in [-0.2, -0.15) is 5.10 Å². The molecule has 3 amide bonds. The molecule has 9 nitrogen and oxygen atoms in total. The number of aromatic nitrogens is 2. The van der Waals surface area contributed by atoms with Crippen LogP contribution < -0.4 is 15.5 Å². The van der Waals surface area contributed by atoms with Crippen molar-refractivity contribution < 1.29 is 14.4 Å². The number of nitrogens with one attached hydrogen (secondary N) is 3. The molecule has 1 aliphatic heterocycles. The van der Waals surface area contributed by atoms with Crippen LogP contribution >= 0.6 is 27.5 Å². The van der Waals surface area contributed by atoms with Crippen LogP contribution in [-0.2, 0) is 4.79 Å². The highest BCUT2D eigenvalue weighted by Crippen LogP contribution is 2.28. The fourth-order valence-corrected chi connectivity index (χ4v) is 4.70. The van der Waals surface area contributed by atoms with Crippen molar-refractivity contribution in [2.24, 2.45) is 4.99 Å². The van der Waals surface area contributed by atoms with Crippen molar-refractivity contribution in [1.29, 1.82) is 0 Å². The third kappa shape index (κ3) is 4.83. The lowest BCUT2D eigenvalue weighted by molar-refractivity contribution is -0.119. The van der Waals surface area contributed by atoms with Crippen LogP contribution in [0.1, 0.15) is 32.0 Å². The summed E-state index contributed by atoms with van der Waals surface area (Å²) in [5.41, 5.74) is 2.99. The molecular weight excluding hydrogens is 572 g/mol. The standard InChI is InChI=1S/C27H20BrClN6O3/c1-35-19-14-8-6-12-17(19)21(15-9-3-2-4-10-15)30-24(27(35)38)32-26(37)22-20(28)23(34-33-22)31-25(36)16-11-5-7-13-18(16)29/h2-14,24H,1H3,(H,32,37)(H2,31,33,34,36)/t24-/m0/s1. The molecule has 0 saturated heterocycles. The Bertz CT molecular complexity index is 1590. The van der Waals surface area contributed by atoms with E-state index in [-0.39, 0.29) is 26.6 Å². The van der Waals surface area contributed by atoms with Gasteiger partial charge in [0, 0.05) is 18.2 Å². The monoisotopic (exact) mass is 590 g/mol. The number of hydrogen-bond acceptors (Lipinski definition) is 5. The first-order valence-corrected chi connectivity index (χ1v) is 12.6. The number of benzodiazepines with no additional fused rings is 1. The Kier molecular flexibility index (Phi) is 7.08. The number of para-hydroxylation sites is 1. The number of carbonyl (C=O) groups is 3. The predicted molar refractivity (Wildman–Crippen MR) is 149 cm³/mol. The Morgan fingerprint density at radius 3 is 2.42 bits per heavy atom. The highest BCUT2D eigenvalue weighted by molar-refractivity contribution is 9.10. The third-order valence-electron chi connectivity index (χ3n) is 5.94. The van der Waals surface area contributed by atoms with Crippen molar-refractivity contribution in [1.82, 2.24) is 15.5 Å². The second-order valence-corrected chi connectivity index (χ2v) is 9.53. The van der Waals surface area contributed by atoms with Crippen LogP contribution in [0.15, 0.2) is 88.3 Å². The van der Waals surface area contributed by atoms with Crippen molar-refractivity contribution in [2.75, 3.05) is 17.3 Å². The van der Waals surface area contributed by atoms with Crippen molar-refractivity contribution >= 4 is 62.5 Å². The SMILES string of the molecule is CN1C(=O)[C@H](NC(=O)c2n[nH]c(NC(=O)c3ccccc3Cl)c2Br)N=C(c2ccccc2)c2ccccc21. The van der Waals surface area contributed by atoms with Crippen LogP contribution in [0.4, 0.5) is 11.5 Å². The van der Waals surface area contributed by atoms with Crippen LogP contribution in [0.5, 0.6) is 0 Å². The number of amides is 3. The number of likely N-dealkylation sites (N-methyl/N-ethyl adjacent to an activating group) is 1. The number of halogens is 2. The van der Waals surface area contributed by atoms with E-state index in [9.17, 15) is 14.4 Å². The fraction of sp³-hybridized carbons (Fsp3) is 0.0741. The zero-order chi connectivity index (χ0) is 26.8. The molecule has 3 N–H and O–H groups in total. The number of rotatable bonds is 5. The number of benzene rings is 3. The zero-order valence-corrected chi connectivity index (χ0v) is 22.2. The number of nitrogens with zero attached hydrogens (tertiary/aromatic N) is 3. The normalized spacial score (nSPS) is 14.8. The highest BCUT2D eigenvalue weighted by Gasteiger charge is 2.32. The molecule has 0 unspecified atom stereocenters. The van der Waals surface area contributed by atoms with Crippen molar-refractivity contribution in [3.8, 4) is 0 Å². The van der Waals surface area contributed by atoms with Gasteiger partial charge in [-0.25, -0.2) is 4.99 Å². The Balaban J connectivity index is 1.43. The first-order valence-electron chi connectivity index (χ1n) is 11.5. The van der Waals surface area contributed by atoms with Gasteiger partial charge >= 0.3 is 0 Å². The van der Waals surface area contributed by atoms with Crippen molar-refractivity contribution in [3.63, 3.8) is 0 Å². The Morgan fingerprint density at radius 1 is 0.974 bits per heavy atom. The van der Waals surface area contributed by atoms with E-state index in [0.29, 0.717) is 11.4 Å². The molecule has 1 atom stereocenters. The summed E-state index contributed by atoms with van der Waals surface area (Å²) in [6.45, 7) is 0. The second kappa shape index (κ2) is 10.6. The van der Waals surface area contributed by atoms with Crippen LogP contribution in [0.25, 0.3) is 0 Å². The lowest BCUT2D eigenvalue weighted by Crippen LogP contribution is -2.46. The minimum Gasteiger partial charge on any atom is -0.321 e. The van der Waals surface area contributed by atoms with Crippen LogP contribution in [0.2, 0.25) is 5.02 Å². The Labute approximate surface area is 231 Å². The van der Waals surface area contributed by atoms with Gasteiger partial charge in [-0.3, -0.25) is 19.5 Å². The molecule has 2 heterocycles. The van der Waals surface area contributed by atoms with Gasteiger partial charge in [0.25, 0.3) is 17.7 Å². The van der Waals surface area contributed by atoms with Gasteiger partial charge < -0.3 is 15.5 Å². The molecule has 38 heavy (non-hydrogen) atoms. The highest BCUT2D eigenvalue weighted by atomic mass is 79.9. The lowest BCUT2D eigenvalue weighted by atomic mass is 10.0. The van der Waals surface area contributed by atoms with E-state index in [1.54, 1.807) is 31.3 Å². The van der Waals surface area contributed by atoms with E-state index in [2.05, 4.69) is 41.8 Å². The van der Waals surface area contributed by atoms with Crippen LogP contribution in [0, 0.1) is 0 Å². The van der Waals surface area contributed by atoms with E-state index in [4.69, 9.17) is 11.6 Å². The van der Waals surface area contributed by atoms with Gasteiger partial charge in [0.15, 0.2) is 5.69 Å². The first-order chi connectivity index (χ1) is 18.3. The number of aliphatic imine (C=N–C) groups is 1. The van der Waals surface area contributed by atoms with E-state index >= 15 is 0 Å². The summed E-state index contributed by atoms with van der Waals surface area (Å²) >= 11 is 9.42. The minimum atomic E-state index is -1.22. The molecule has 190 valence electrons. The molecule has 0 aliphatic carbocycles. The van der Waals surface area contributed by atoms with Gasteiger partial charge in [0.1, 0.15) is 5.82 Å². The average Bonchev–Trinajstić information content (AvgIpc) is 3.25. The van der Waals surface area contributed by atoms with E-state index in [0.717, 1.165) is 11.1 Å². The zero-order valence-electron chi connectivity index (χ0n) is 19.9. The predicted octanol–water partition coefficient (Wildman–Crippen LogP) is 4.65. The summed E-state index contributed by atoms with van der Waals surface area (Å²) < 4.78 is 0.209. The van der Waals surface area contributed by atoms with Crippen LogP contribution in [0.3, 0.4) is 0 Å². The molecule has 0 spiro atoms. The maximum absolute atomic E-state index is 13.4. The number of hydrogen-bond donors (Lipinski definition) is 3. The topological polar surface area (TPSA) is 120 Å². The van der Waals surface area contributed by atoms with Crippen molar-refractivity contribution in [3.05, 3.63) is 111 Å². The molecule has 1 aliphatic rings.